The smallest absolute Gasteiger partial charge is 0.118 e. The van der Waals surface area contributed by atoms with Gasteiger partial charge < -0.3 is 9.47 Å². The number of methoxy groups -OCH3 is 1. The van der Waals surface area contributed by atoms with Gasteiger partial charge in [0.05, 0.1) is 19.8 Å². The Kier molecular flexibility index (Phi) is 4.82. The normalized spacial score (nSPS) is 23.6. The minimum Gasteiger partial charge on any atom is -0.497 e. The lowest BCUT2D eigenvalue weighted by Gasteiger charge is -2.28. The number of hydrogen-bond acceptors (Lipinski definition) is 2. The van der Waals surface area contributed by atoms with Crippen molar-refractivity contribution in [3.05, 3.63) is 42.5 Å². The van der Waals surface area contributed by atoms with Crippen molar-refractivity contribution in [2.24, 2.45) is 0 Å². The van der Waals surface area contributed by atoms with Gasteiger partial charge in [0.15, 0.2) is 0 Å². The van der Waals surface area contributed by atoms with Crippen LogP contribution in [-0.4, -0.2) is 19.8 Å². The number of rotatable bonds is 5. The highest BCUT2D eigenvalue weighted by Crippen LogP contribution is 2.34. The first-order valence-corrected chi connectivity index (χ1v) is 6.70. The molecule has 0 bridgehead atoms. The van der Waals surface area contributed by atoms with Crippen LogP contribution in [0.15, 0.2) is 36.9 Å². The summed E-state index contributed by atoms with van der Waals surface area (Å²) in [5.74, 6) is 1.61. The molecule has 18 heavy (non-hydrogen) atoms. The van der Waals surface area contributed by atoms with E-state index in [0.29, 0.717) is 18.6 Å². The monoisotopic (exact) mass is 246 g/mol. The minimum atomic E-state index is 0.428. The molecule has 0 N–H and O–H groups in total. The zero-order chi connectivity index (χ0) is 12.8. The average Bonchev–Trinajstić information content (AvgIpc) is 2.46. The number of ether oxygens (including phenoxy) is 2. The standard InChI is InChI=1S/C16H22O2/c1-3-12-18-16-10-6-14(7-11-16)13-4-8-15(17-2)9-5-13/h3-5,8-9,14,16H,1,6-7,10-12H2,2H3. The fourth-order valence-electron chi connectivity index (χ4n) is 2.64. The van der Waals surface area contributed by atoms with Crippen molar-refractivity contribution in [1.29, 1.82) is 0 Å². The molecule has 1 saturated carbocycles. The van der Waals surface area contributed by atoms with Gasteiger partial charge in [0.2, 0.25) is 0 Å². The van der Waals surface area contributed by atoms with Crippen LogP contribution in [0, 0.1) is 0 Å². The molecular weight excluding hydrogens is 224 g/mol. The second-order valence-corrected chi connectivity index (χ2v) is 4.87. The Labute approximate surface area is 110 Å². The lowest BCUT2D eigenvalue weighted by atomic mass is 9.83. The fourth-order valence-corrected chi connectivity index (χ4v) is 2.64. The van der Waals surface area contributed by atoms with E-state index in [1.165, 1.54) is 18.4 Å². The van der Waals surface area contributed by atoms with Crippen LogP contribution in [0.2, 0.25) is 0 Å². The van der Waals surface area contributed by atoms with Gasteiger partial charge in [-0.15, -0.1) is 6.58 Å². The van der Waals surface area contributed by atoms with Gasteiger partial charge in [0, 0.05) is 0 Å². The summed E-state index contributed by atoms with van der Waals surface area (Å²) in [5.41, 5.74) is 1.43. The maximum absolute atomic E-state index is 5.71. The van der Waals surface area contributed by atoms with Gasteiger partial charge >= 0.3 is 0 Å². The Morgan fingerprint density at radius 3 is 2.39 bits per heavy atom. The molecule has 0 spiro atoms. The average molecular weight is 246 g/mol. The molecule has 2 heteroatoms. The molecule has 98 valence electrons. The van der Waals surface area contributed by atoms with Crippen molar-refractivity contribution in [2.75, 3.05) is 13.7 Å². The van der Waals surface area contributed by atoms with Crippen molar-refractivity contribution in [3.63, 3.8) is 0 Å². The van der Waals surface area contributed by atoms with Crippen molar-refractivity contribution >= 4 is 0 Å². The van der Waals surface area contributed by atoms with Crippen LogP contribution in [0.1, 0.15) is 37.2 Å². The molecule has 1 aromatic carbocycles. The van der Waals surface area contributed by atoms with Crippen molar-refractivity contribution in [1.82, 2.24) is 0 Å². The summed E-state index contributed by atoms with van der Waals surface area (Å²) < 4.78 is 10.9. The molecule has 0 aromatic heterocycles. The van der Waals surface area contributed by atoms with Gasteiger partial charge in [-0.3, -0.25) is 0 Å². The summed E-state index contributed by atoms with van der Waals surface area (Å²) in [6, 6.07) is 8.48. The first kappa shape index (κ1) is 13.2. The van der Waals surface area contributed by atoms with Gasteiger partial charge in [-0.1, -0.05) is 18.2 Å². The predicted octanol–water partition coefficient (Wildman–Crippen LogP) is 3.92. The van der Waals surface area contributed by atoms with Crippen molar-refractivity contribution < 1.29 is 9.47 Å². The molecule has 0 unspecified atom stereocenters. The molecule has 1 aliphatic rings. The van der Waals surface area contributed by atoms with E-state index in [1.807, 2.05) is 6.08 Å². The van der Waals surface area contributed by atoms with E-state index in [4.69, 9.17) is 9.47 Å². The van der Waals surface area contributed by atoms with E-state index in [2.05, 4.69) is 30.8 Å². The zero-order valence-electron chi connectivity index (χ0n) is 11.1. The number of benzene rings is 1. The lowest BCUT2D eigenvalue weighted by Crippen LogP contribution is -2.20. The van der Waals surface area contributed by atoms with E-state index >= 15 is 0 Å². The highest BCUT2D eigenvalue weighted by Gasteiger charge is 2.22. The zero-order valence-corrected chi connectivity index (χ0v) is 11.1. The van der Waals surface area contributed by atoms with Gasteiger partial charge in [0.25, 0.3) is 0 Å². The topological polar surface area (TPSA) is 18.5 Å². The summed E-state index contributed by atoms with van der Waals surface area (Å²) in [7, 11) is 1.71. The molecule has 0 heterocycles. The Hall–Kier alpha value is -1.28. The quantitative estimate of drug-likeness (QED) is 0.733. The van der Waals surface area contributed by atoms with E-state index in [-0.39, 0.29) is 0 Å². The SMILES string of the molecule is C=CCOC1CCC(c2ccc(OC)cc2)CC1. The van der Waals surface area contributed by atoms with Gasteiger partial charge in [-0.05, 0) is 49.3 Å². The molecule has 1 aromatic rings. The van der Waals surface area contributed by atoms with Gasteiger partial charge in [-0.25, -0.2) is 0 Å². The Morgan fingerprint density at radius 1 is 1.17 bits per heavy atom. The van der Waals surface area contributed by atoms with Crippen LogP contribution in [0.25, 0.3) is 0 Å². The van der Waals surface area contributed by atoms with Crippen molar-refractivity contribution in [2.45, 2.75) is 37.7 Å². The molecule has 1 aliphatic carbocycles. The largest absolute Gasteiger partial charge is 0.497 e. The first-order valence-electron chi connectivity index (χ1n) is 6.70. The van der Waals surface area contributed by atoms with Crippen LogP contribution in [0.3, 0.4) is 0 Å². The third kappa shape index (κ3) is 3.36. The van der Waals surface area contributed by atoms with Gasteiger partial charge in [-0.2, -0.15) is 0 Å². The van der Waals surface area contributed by atoms with Crippen molar-refractivity contribution in [3.8, 4) is 5.75 Å². The number of hydrogen-bond donors (Lipinski definition) is 0. The van der Waals surface area contributed by atoms with Crippen LogP contribution < -0.4 is 4.74 Å². The third-order valence-electron chi connectivity index (χ3n) is 3.71. The fraction of sp³-hybridized carbons (Fsp3) is 0.500. The maximum atomic E-state index is 5.71. The summed E-state index contributed by atoms with van der Waals surface area (Å²) in [5, 5.41) is 0. The van der Waals surface area contributed by atoms with Gasteiger partial charge in [0.1, 0.15) is 5.75 Å². The lowest BCUT2D eigenvalue weighted by molar-refractivity contribution is 0.0423. The Morgan fingerprint density at radius 2 is 1.83 bits per heavy atom. The second-order valence-electron chi connectivity index (χ2n) is 4.87. The second kappa shape index (κ2) is 6.60. The molecule has 0 saturated heterocycles. The highest BCUT2D eigenvalue weighted by atomic mass is 16.5. The van der Waals surface area contributed by atoms with E-state index in [0.717, 1.165) is 18.6 Å². The van der Waals surface area contributed by atoms with E-state index < -0.39 is 0 Å². The van der Waals surface area contributed by atoms with Crippen LogP contribution in [0.5, 0.6) is 5.75 Å². The molecule has 2 rings (SSSR count). The highest BCUT2D eigenvalue weighted by molar-refractivity contribution is 5.29. The minimum absolute atomic E-state index is 0.428. The molecule has 0 radical (unpaired) electrons. The van der Waals surface area contributed by atoms with E-state index in [9.17, 15) is 0 Å². The van der Waals surface area contributed by atoms with Crippen LogP contribution >= 0.6 is 0 Å². The van der Waals surface area contributed by atoms with Crippen LogP contribution in [-0.2, 0) is 4.74 Å². The Bertz CT molecular complexity index is 361. The summed E-state index contributed by atoms with van der Waals surface area (Å²) in [6.07, 6.45) is 7.00. The molecule has 0 aliphatic heterocycles. The van der Waals surface area contributed by atoms with Crippen LogP contribution in [0.4, 0.5) is 0 Å². The first-order chi connectivity index (χ1) is 8.83. The molecular formula is C16H22O2. The third-order valence-corrected chi connectivity index (χ3v) is 3.71. The predicted molar refractivity (Wildman–Crippen MR) is 74.1 cm³/mol. The Balaban J connectivity index is 1.86. The summed E-state index contributed by atoms with van der Waals surface area (Å²) >= 11 is 0. The summed E-state index contributed by atoms with van der Waals surface area (Å²) in [4.78, 5) is 0. The molecule has 0 atom stereocenters. The molecule has 2 nitrogen and oxygen atoms in total. The molecule has 0 amide bonds. The summed E-state index contributed by atoms with van der Waals surface area (Å²) in [6.45, 7) is 4.37. The van der Waals surface area contributed by atoms with E-state index in [1.54, 1.807) is 7.11 Å². The molecule has 1 fully saturated rings. The maximum Gasteiger partial charge on any atom is 0.118 e.